The number of carbonyl (C=O) groups is 3. The van der Waals surface area contributed by atoms with Crippen molar-refractivity contribution in [2.24, 2.45) is 0 Å². The van der Waals surface area contributed by atoms with Gasteiger partial charge in [-0.15, -0.1) is 0 Å². The van der Waals surface area contributed by atoms with Gasteiger partial charge in [0, 0.05) is 56.7 Å². The molecular formula is C19H22N4O3. The quantitative estimate of drug-likeness (QED) is 0.883. The van der Waals surface area contributed by atoms with Gasteiger partial charge in [0.15, 0.2) is 0 Å². The number of nitrogens with one attached hydrogen (secondary N) is 2. The van der Waals surface area contributed by atoms with Crippen molar-refractivity contribution in [1.29, 1.82) is 0 Å². The Bertz CT molecular complexity index is 801. The van der Waals surface area contributed by atoms with E-state index in [0.29, 0.717) is 43.0 Å². The topological polar surface area (TPSA) is 85.5 Å². The zero-order valence-electron chi connectivity index (χ0n) is 14.7. The summed E-state index contributed by atoms with van der Waals surface area (Å²) in [5.74, 6) is -0.287. The molecule has 2 aromatic rings. The van der Waals surface area contributed by atoms with Crippen LogP contribution in [0.5, 0.6) is 0 Å². The van der Waals surface area contributed by atoms with Crippen LogP contribution in [-0.2, 0) is 4.79 Å². The minimum atomic E-state index is -0.178. The molecule has 1 saturated heterocycles. The molecule has 0 radical (unpaired) electrons. The van der Waals surface area contributed by atoms with E-state index >= 15 is 0 Å². The highest BCUT2D eigenvalue weighted by atomic mass is 16.2. The second kappa shape index (κ2) is 7.86. The number of hydrogen-bond acceptors (Lipinski definition) is 3. The van der Waals surface area contributed by atoms with E-state index in [4.69, 9.17) is 0 Å². The standard InChI is InChI=1S/C19H22N4O3/c1-14(24)21-17-5-2-4-15(12-17)18(25)22-8-3-9-23(11-10-22)19(26)16-6-7-20-13-16/h2,4-7,12-13,20H,3,8-11H2,1H3,(H,21,24). The molecule has 1 aromatic heterocycles. The second-order valence-corrected chi connectivity index (χ2v) is 6.30. The van der Waals surface area contributed by atoms with E-state index in [9.17, 15) is 14.4 Å². The molecule has 1 aliphatic rings. The molecule has 0 saturated carbocycles. The number of amides is 3. The highest BCUT2D eigenvalue weighted by Crippen LogP contribution is 2.15. The predicted octanol–water partition coefficient (Wildman–Crippen LogP) is 1.96. The van der Waals surface area contributed by atoms with Gasteiger partial charge in [-0.25, -0.2) is 0 Å². The number of benzene rings is 1. The summed E-state index contributed by atoms with van der Waals surface area (Å²) in [6, 6.07) is 8.66. The van der Waals surface area contributed by atoms with Gasteiger partial charge in [0.05, 0.1) is 5.56 Å². The van der Waals surface area contributed by atoms with Gasteiger partial charge in [-0.2, -0.15) is 0 Å². The molecule has 2 heterocycles. The van der Waals surface area contributed by atoms with Crippen molar-refractivity contribution in [3.63, 3.8) is 0 Å². The molecule has 2 N–H and O–H groups in total. The van der Waals surface area contributed by atoms with E-state index in [2.05, 4.69) is 10.3 Å². The summed E-state index contributed by atoms with van der Waals surface area (Å²) in [4.78, 5) is 42.9. The van der Waals surface area contributed by atoms with Crippen molar-refractivity contribution >= 4 is 23.4 Å². The van der Waals surface area contributed by atoms with Gasteiger partial charge in [-0.3, -0.25) is 14.4 Å². The van der Waals surface area contributed by atoms with Crippen LogP contribution >= 0.6 is 0 Å². The number of anilines is 1. The minimum Gasteiger partial charge on any atom is -0.367 e. The van der Waals surface area contributed by atoms with E-state index in [-0.39, 0.29) is 17.7 Å². The maximum atomic E-state index is 12.8. The summed E-state index contributed by atoms with van der Waals surface area (Å²) in [5, 5.41) is 2.69. The van der Waals surface area contributed by atoms with Crippen molar-refractivity contribution in [1.82, 2.24) is 14.8 Å². The third-order valence-corrected chi connectivity index (χ3v) is 4.35. The van der Waals surface area contributed by atoms with Crippen LogP contribution < -0.4 is 5.32 Å². The maximum Gasteiger partial charge on any atom is 0.255 e. The third kappa shape index (κ3) is 4.11. The summed E-state index contributed by atoms with van der Waals surface area (Å²) in [7, 11) is 0. The lowest BCUT2D eigenvalue weighted by atomic mass is 10.1. The summed E-state index contributed by atoms with van der Waals surface area (Å²) in [6.07, 6.45) is 4.14. The Morgan fingerprint density at radius 3 is 2.27 bits per heavy atom. The van der Waals surface area contributed by atoms with Crippen LogP contribution in [0.15, 0.2) is 42.7 Å². The zero-order valence-corrected chi connectivity index (χ0v) is 14.7. The summed E-state index contributed by atoms with van der Waals surface area (Å²) < 4.78 is 0. The zero-order chi connectivity index (χ0) is 18.5. The fourth-order valence-corrected chi connectivity index (χ4v) is 3.08. The average Bonchev–Trinajstić information content (AvgIpc) is 3.05. The lowest BCUT2D eigenvalue weighted by Gasteiger charge is -2.22. The molecule has 7 heteroatoms. The molecule has 1 aromatic carbocycles. The summed E-state index contributed by atoms with van der Waals surface area (Å²) in [5.41, 5.74) is 1.76. The smallest absolute Gasteiger partial charge is 0.255 e. The van der Waals surface area contributed by atoms with E-state index < -0.39 is 0 Å². The number of hydrogen-bond donors (Lipinski definition) is 2. The van der Waals surface area contributed by atoms with Crippen molar-refractivity contribution in [3.8, 4) is 0 Å². The Labute approximate surface area is 152 Å². The Morgan fingerprint density at radius 2 is 1.65 bits per heavy atom. The van der Waals surface area contributed by atoms with Gasteiger partial charge in [0.2, 0.25) is 5.91 Å². The lowest BCUT2D eigenvalue weighted by molar-refractivity contribution is -0.114. The van der Waals surface area contributed by atoms with Crippen LogP contribution in [0.25, 0.3) is 0 Å². The Morgan fingerprint density at radius 1 is 0.962 bits per heavy atom. The average molecular weight is 354 g/mol. The molecule has 7 nitrogen and oxygen atoms in total. The Hall–Kier alpha value is -3.09. The van der Waals surface area contributed by atoms with Crippen molar-refractivity contribution in [2.45, 2.75) is 13.3 Å². The summed E-state index contributed by atoms with van der Waals surface area (Å²) in [6.45, 7) is 3.64. The van der Waals surface area contributed by atoms with Gasteiger partial charge in [-0.05, 0) is 30.7 Å². The maximum absolute atomic E-state index is 12.8. The van der Waals surface area contributed by atoms with Crippen LogP contribution in [0.2, 0.25) is 0 Å². The molecule has 0 unspecified atom stereocenters. The molecule has 0 aliphatic carbocycles. The normalized spacial score (nSPS) is 14.7. The number of nitrogens with zero attached hydrogens (tertiary/aromatic N) is 2. The first kappa shape index (κ1) is 17.7. The van der Waals surface area contributed by atoms with Crippen LogP contribution in [0.1, 0.15) is 34.1 Å². The van der Waals surface area contributed by atoms with E-state index in [1.54, 1.807) is 52.5 Å². The Balaban J connectivity index is 1.66. The first-order valence-electron chi connectivity index (χ1n) is 8.63. The second-order valence-electron chi connectivity index (χ2n) is 6.30. The van der Waals surface area contributed by atoms with Crippen LogP contribution in [0.3, 0.4) is 0 Å². The van der Waals surface area contributed by atoms with Crippen LogP contribution in [0.4, 0.5) is 5.69 Å². The van der Waals surface area contributed by atoms with Gasteiger partial charge in [0.1, 0.15) is 0 Å². The molecule has 136 valence electrons. The number of aromatic amines is 1. The minimum absolute atomic E-state index is 0.0202. The number of carbonyl (C=O) groups excluding carboxylic acids is 3. The third-order valence-electron chi connectivity index (χ3n) is 4.35. The molecule has 1 fully saturated rings. The van der Waals surface area contributed by atoms with Gasteiger partial charge in [-0.1, -0.05) is 6.07 Å². The van der Waals surface area contributed by atoms with Gasteiger partial charge in [0.25, 0.3) is 11.8 Å². The molecule has 1 aliphatic heterocycles. The highest BCUT2D eigenvalue weighted by Gasteiger charge is 2.23. The fraction of sp³-hybridized carbons (Fsp3) is 0.316. The van der Waals surface area contributed by atoms with Gasteiger partial charge >= 0.3 is 0 Å². The fourth-order valence-electron chi connectivity index (χ4n) is 3.08. The van der Waals surface area contributed by atoms with Crippen molar-refractivity contribution < 1.29 is 14.4 Å². The first-order chi connectivity index (χ1) is 12.5. The molecule has 0 bridgehead atoms. The molecule has 0 atom stereocenters. The van der Waals surface area contributed by atoms with E-state index in [0.717, 1.165) is 6.42 Å². The molecule has 3 rings (SSSR count). The molecule has 26 heavy (non-hydrogen) atoms. The predicted molar refractivity (Wildman–Crippen MR) is 98.0 cm³/mol. The Kier molecular flexibility index (Phi) is 5.36. The summed E-state index contributed by atoms with van der Waals surface area (Å²) >= 11 is 0. The van der Waals surface area contributed by atoms with Crippen LogP contribution in [-0.4, -0.2) is 58.7 Å². The number of rotatable bonds is 3. The van der Waals surface area contributed by atoms with E-state index in [1.165, 1.54) is 6.92 Å². The van der Waals surface area contributed by atoms with Crippen molar-refractivity contribution in [2.75, 3.05) is 31.5 Å². The lowest BCUT2D eigenvalue weighted by Crippen LogP contribution is -2.37. The molecule has 3 amide bonds. The van der Waals surface area contributed by atoms with Gasteiger partial charge < -0.3 is 20.1 Å². The number of aromatic nitrogens is 1. The monoisotopic (exact) mass is 354 g/mol. The number of H-pyrrole nitrogens is 1. The van der Waals surface area contributed by atoms with Crippen molar-refractivity contribution in [3.05, 3.63) is 53.9 Å². The first-order valence-corrected chi connectivity index (χ1v) is 8.63. The van der Waals surface area contributed by atoms with E-state index in [1.807, 2.05) is 0 Å². The molecule has 0 spiro atoms. The largest absolute Gasteiger partial charge is 0.367 e. The SMILES string of the molecule is CC(=O)Nc1cccc(C(=O)N2CCCN(C(=O)c3cc[nH]c3)CC2)c1. The molecular weight excluding hydrogens is 332 g/mol. The van der Waals surface area contributed by atoms with Crippen LogP contribution in [0, 0.1) is 0 Å². The highest BCUT2D eigenvalue weighted by molar-refractivity contribution is 5.97.